The smallest absolute Gasteiger partial charge is 0.0684 e. The van der Waals surface area contributed by atoms with Crippen LogP contribution in [0.2, 0.25) is 0 Å². The molecule has 0 spiro atoms. The van der Waals surface area contributed by atoms with Crippen LogP contribution in [-0.2, 0) is 4.74 Å². The van der Waals surface area contributed by atoms with E-state index in [9.17, 15) is 0 Å². The number of rotatable bonds is 8. The lowest BCUT2D eigenvalue weighted by molar-refractivity contribution is 0.144. The van der Waals surface area contributed by atoms with Crippen LogP contribution >= 0.6 is 0 Å². The van der Waals surface area contributed by atoms with Crippen LogP contribution < -0.4 is 5.32 Å². The molecule has 3 nitrogen and oxygen atoms in total. The molecule has 0 atom stereocenters. The molecule has 0 heterocycles. The predicted octanol–water partition coefficient (Wildman–Crippen LogP) is 1.94. The van der Waals surface area contributed by atoms with E-state index in [1.54, 1.807) is 0 Å². The highest BCUT2D eigenvalue weighted by atomic mass is 16.5. The lowest BCUT2D eigenvalue weighted by Crippen LogP contribution is -2.23. The molecular weight excluding hydrogens is 176 g/mol. The molecule has 0 saturated carbocycles. The van der Waals surface area contributed by atoms with Crippen LogP contribution in [0.4, 0.5) is 0 Å². The summed E-state index contributed by atoms with van der Waals surface area (Å²) in [7, 11) is 0. The van der Waals surface area contributed by atoms with Crippen molar-refractivity contribution in [2.45, 2.75) is 33.6 Å². The summed E-state index contributed by atoms with van der Waals surface area (Å²) < 4.78 is 5.21. The second-order valence-corrected chi connectivity index (χ2v) is 4.05. The monoisotopic (exact) mass is 198 g/mol. The third kappa shape index (κ3) is 8.03. The highest BCUT2D eigenvalue weighted by molar-refractivity contribution is 4.91. The second-order valence-electron chi connectivity index (χ2n) is 4.05. The van der Waals surface area contributed by atoms with Crippen LogP contribution in [0.25, 0.3) is 0 Å². The standard InChI is InChI=1S/C11H22N2O/c1-4-14-9-5-7-13-8-6-11(2,3)10-12/h13H,4-9H2,1-3H3. The van der Waals surface area contributed by atoms with E-state index >= 15 is 0 Å². The highest BCUT2D eigenvalue weighted by Crippen LogP contribution is 2.16. The van der Waals surface area contributed by atoms with Gasteiger partial charge in [-0.15, -0.1) is 0 Å². The van der Waals surface area contributed by atoms with E-state index in [-0.39, 0.29) is 5.41 Å². The lowest BCUT2D eigenvalue weighted by Gasteiger charge is -2.14. The number of nitrogens with one attached hydrogen (secondary N) is 1. The van der Waals surface area contributed by atoms with Gasteiger partial charge in [-0.25, -0.2) is 0 Å². The number of ether oxygens (including phenoxy) is 1. The van der Waals surface area contributed by atoms with E-state index in [2.05, 4.69) is 11.4 Å². The maximum atomic E-state index is 8.77. The molecule has 0 bridgehead atoms. The van der Waals surface area contributed by atoms with E-state index in [0.717, 1.165) is 39.1 Å². The predicted molar refractivity (Wildman–Crippen MR) is 58.0 cm³/mol. The van der Waals surface area contributed by atoms with Crippen LogP contribution in [0, 0.1) is 16.7 Å². The van der Waals surface area contributed by atoms with Crippen LogP contribution in [0.3, 0.4) is 0 Å². The summed E-state index contributed by atoms with van der Waals surface area (Å²) in [5, 5.41) is 12.1. The Morgan fingerprint density at radius 3 is 2.64 bits per heavy atom. The van der Waals surface area contributed by atoms with Gasteiger partial charge in [-0.2, -0.15) is 5.26 Å². The van der Waals surface area contributed by atoms with Crippen molar-refractivity contribution in [1.29, 1.82) is 5.26 Å². The molecule has 1 N–H and O–H groups in total. The molecule has 3 heteroatoms. The number of nitriles is 1. The Labute approximate surface area is 87.4 Å². The average Bonchev–Trinajstić information content (AvgIpc) is 2.16. The molecular formula is C11H22N2O. The molecule has 0 rings (SSSR count). The summed E-state index contributed by atoms with van der Waals surface area (Å²) in [6, 6.07) is 2.29. The van der Waals surface area contributed by atoms with Gasteiger partial charge in [-0.3, -0.25) is 0 Å². The van der Waals surface area contributed by atoms with Crippen LogP contribution in [0.15, 0.2) is 0 Å². The Kier molecular flexibility index (Phi) is 7.45. The van der Waals surface area contributed by atoms with Gasteiger partial charge in [-0.1, -0.05) is 0 Å². The van der Waals surface area contributed by atoms with Crippen molar-refractivity contribution in [3.8, 4) is 6.07 Å². The second kappa shape index (κ2) is 7.78. The average molecular weight is 198 g/mol. The first-order chi connectivity index (χ1) is 6.62. The van der Waals surface area contributed by atoms with Gasteiger partial charge in [0.05, 0.1) is 11.5 Å². The Balaban J connectivity index is 3.18. The SMILES string of the molecule is CCOCCCNCCC(C)(C)C#N. The number of nitrogens with zero attached hydrogens (tertiary/aromatic N) is 1. The van der Waals surface area contributed by atoms with Crippen LogP contribution in [-0.4, -0.2) is 26.3 Å². The van der Waals surface area contributed by atoms with E-state index in [0.29, 0.717) is 0 Å². The van der Waals surface area contributed by atoms with Gasteiger partial charge in [-0.05, 0) is 46.7 Å². The van der Waals surface area contributed by atoms with Gasteiger partial charge in [0.15, 0.2) is 0 Å². The van der Waals surface area contributed by atoms with Crippen molar-refractivity contribution in [2.75, 3.05) is 26.3 Å². The van der Waals surface area contributed by atoms with Crippen molar-refractivity contribution in [3.05, 3.63) is 0 Å². The summed E-state index contributed by atoms with van der Waals surface area (Å²) in [5.41, 5.74) is -0.201. The minimum atomic E-state index is -0.201. The largest absolute Gasteiger partial charge is 0.382 e. The highest BCUT2D eigenvalue weighted by Gasteiger charge is 2.14. The van der Waals surface area contributed by atoms with Crippen molar-refractivity contribution in [2.24, 2.45) is 5.41 Å². The van der Waals surface area contributed by atoms with Gasteiger partial charge in [0, 0.05) is 13.2 Å². The molecule has 0 aliphatic rings. The molecule has 0 aromatic rings. The van der Waals surface area contributed by atoms with Crippen molar-refractivity contribution < 1.29 is 4.74 Å². The third-order valence-corrected chi connectivity index (χ3v) is 2.08. The molecule has 0 aliphatic heterocycles. The van der Waals surface area contributed by atoms with E-state index < -0.39 is 0 Å². The fraction of sp³-hybridized carbons (Fsp3) is 0.909. The normalized spacial score (nSPS) is 11.3. The maximum Gasteiger partial charge on any atom is 0.0684 e. The topological polar surface area (TPSA) is 45.0 Å². The van der Waals surface area contributed by atoms with E-state index in [1.165, 1.54) is 0 Å². The molecule has 0 radical (unpaired) electrons. The minimum absolute atomic E-state index is 0.201. The summed E-state index contributed by atoms with van der Waals surface area (Å²) in [6.07, 6.45) is 1.94. The Morgan fingerprint density at radius 2 is 2.07 bits per heavy atom. The van der Waals surface area contributed by atoms with Crippen molar-refractivity contribution in [1.82, 2.24) is 5.32 Å². The maximum absolute atomic E-state index is 8.77. The Morgan fingerprint density at radius 1 is 1.36 bits per heavy atom. The van der Waals surface area contributed by atoms with Crippen molar-refractivity contribution >= 4 is 0 Å². The molecule has 0 fully saturated rings. The molecule has 82 valence electrons. The number of hydrogen-bond donors (Lipinski definition) is 1. The molecule has 14 heavy (non-hydrogen) atoms. The van der Waals surface area contributed by atoms with Gasteiger partial charge in [0.2, 0.25) is 0 Å². The minimum Gasteiger partial charge on any atom is -0.382 e. The van der Waals surface area contributed by atoms with E-state index in [1.807, 2.05) is 20.8 Å². The first-order valence-electron chi connectivity index (χ1n) is 5.32. The molecule has 0 aromatic heterocycles. The van der Waals surface area contributed by atoms with Gasteiger partial charge >= 0.3 is 0 Å². The summed E-state index contributed by atoms with van der Waals surface area (Å²) in [5.74, 6) is 0. The Hall–Kier alpha value is -0.590. The molecule has 0 saturated heterocycles. The van der Waals surface area contributed by atoms with Crippen LogP contribution in [0.5, 0.6) is 0 Å². The third-order valence-electron chi connectivity index (χ3n) is 2.08. The Bertz CT molecular complexity index is 173. The summed E-state index contributed by atoms with van der Waals surface area (Å²) in [6.45, 7) is 9.44. The fourth-order valence-corrected chi connectivity index (χ4v) is 1.03. The zero-order valence-corrected chi connectivity index (χ0v) is 9.60. The lowest BCUT2D eigenvalue weighted by atomic mass is 9.91. The van der Waals surface area contributed by atoms with Crippen molar-refractivity contribution in [3.63, 3.8) is 0 Å². The van der Waals surface area contributed by atoms with Gasteiger partial charge < -0.3 is 10.1 Å². The first kappa shape index (κ1) is 13.4. The summed E-state index contributed by atoms with van der Waals surface area (Å²) >= 11 is 0. The first-order valence-corrected chi connectivity index (χ1v) is 5.32. The fourth-order valence-electron chi connectivity index (χ4n) is 1.03. The molecule has 0 aliphatic carbocycles. The van der Waals surface area contributed by atoms with Gasteiger partial charge in [0.25, 0.3) is 0 Å². The molecule has 0 amide bonds. The molecule has 0 aromatic carbocycles. The number of hydrogen-bond acceptors (Lipinski definition) is 3. The van der Waals surface area contributed by atoms with Crippen LogP contribution in [0.1, 0.15) is 33.6 Å². The van der Waals surface area contributed by atoms with Gasteiger partial charge in [0.1, 0.15) is 0 Å². The quantitative estimate of drug-likeness (QED) is 0.606. The molecule has 0 unspecified atom stereocenters. The zero-order valence-electron chi connectivity index (χ0n) is 9.60. The van der Waals surface area contributed by atoms with E-state index in [4.69, 9.17) is 10.00 Å². The summed E-state index contributed by atoms with van der Waals surface area (Å²) in [4.78, 5) is 0. The zero-order chi connectivity index (χ0) is 10.9.